The van der Waals surface area contributed by atoms with Crippen molar-refractivity contribution in [2.24, 2.45) is 0 Å². The third kappa shape index (κ3) is 4.09. The lowest BCUT2D eigenvalue weighted by molar-refractivity contribution is -0.215. The second-order valence-electron chi connectivity index (χ2n) is 7.58. The Labute approximate surface area is 155 Å². The van der Waals surface area contributed by atoms with Crippen LogP contribution in [0.4, 0.5) is 0 Å². The van der Waals surface area contributed by atoms with Crippen LogP contribution in [0.3, 0.4) is 0 Å². The molecule has 0 radical (unpaired) electrons. The zero-order chi connectivity index (χ0) is 18.6. The highest BCUT2D eigenvalue weighted by Gasteiger charge is 2.53. The summed E-state index contributed by atoms with van der Waals surface area (Å²) in [4.78, 5) is 28.9. The van der Waals surface area contributed by atoms with Crippen LogP contribution in [0.15, 0.2) is 0 Å². The van der Waals surface area contributed by atoms with E-state index in [-0.39, 0.29) is 6.10 Å². The van der Waals surface area contributed by atoms with Crippen molar-refractivity contribution in [2.45, 2.75) is 50.5 Å². The summed E-state index contributed by atoms with van der Waals surface area (Å²) >= 11 is 0. The maximum atomic E-state index is 12.5. The summed E-state index contributed by atoms with van der Waals surface area (Å²) < 4.78 is 6.04. The van der Waals surface area contributed by atoms with Crippen LogP contribution in [0.25, 0.3) is 0 Å². The van der Waals surface area contributed by atoms with E-state index < -0.39 is 17.5 Å². The zero-order valence-electron chi connectivity index (χ0n) is 15.7. The molecule has 3 aliphatic rings. The highest BCUT2D eigenvalue weighted by atomic mass is 16.6. The molecule has 3 saturated heterocycles. The van der Waals surface area contributed by atoms with Gasteiger partial charge in [0.1, 0.15) is 0 Å². The number of rotatable bonds is 6. The molecule has 148 valence electrons. The van der Waals surface area contributed by atoms with Gasteiger partial charge in [0, 0.05) is 45.3 Å². The normalized spacial score (nSPS) is 27.1. The van der Waals surface area contributed by atoms with Crippen LogP contribution in [-0.2, 0) is 14.3 Å². The van der Waals surface area contributed by atoms with E-state index >= 15 is 0 Å². The number of piperidine rings is 2. The van der Waals surface area contributed by atoms with Crippen LogP contribution in [0.1, 0.15) is 32.6 Å². The number of piperazine rings is 1. The molecule has 3 N–H and O–H groups in total. The average Bonchev–Trinajstić information content (AvgIpc) is 2.67. The van der Waals surface area contributed by atoms with Gasteiger partial charge in [0.25, 0.3) is 5.72 Å². The molecule has 0 aromatic rings. The number of Topliss-reactive ketones (excluding diaryl/α,β-unsaturated/α-hetero) is 1. The van der Waals surface area contributed by atoms with Gasteiger partial charge in [-0.3, -0.25) is 14.6 Å². The number of hydrogen-bond donors (Lipinski definition) is 3. The van der Waals surface area contributed by atoms with Gasteiger partial charge in [0.15, 0.2) is 5.78 Å². The number of carbonyl (C=O) groups excluding carboxylic acids is 1. The second kappa shape index (κ2) is 8.75. The molecule has 1 unspecified atom stereocenters. The Morgan fingerprint density at radius 3 is 2.08 bits per heavy atom. The van der Waals surface area contributed by atoms with Crippen molar-refractivity contribution in [3.8, 4) is 0 Å². The molecule has 0 saturated carbocycles. The topological polar surface area (TPSA) is 94.1 Å². The molecule has 0 spiro atoms. The number of ether oxygens (including phenoxy) is 1. The van der Waals surface area contributed by atoms with Crippen LogP contribution < -0.4 is 10.6 Å². The summed E-state index contributed by atoms with van der Waals surface area (Å²) in [7, 11) is 0. The molecule has 0 bridgehead atoms. The Kier molecular flexibility index (Phi) is 6.63. The average molecular weight is 368 g/mol. The minimum absolute atomic E-state index is 0.192. The third-order valence-corrected chi connectivity index (χ3v) is 5.97. The molecule has 3 heterocycles. The number of likely N-dealkylation sites (tertiary alicyclic amines) is 1. The monoisotopic (exact) mass is 368 g/mol. The first kappa shape index (κ1) is 19.7. The SMILES string of the molecule is CC(=O)C(OC1CCNCC1)(C(=O)O)N1CCC(N2CCNCC2)CC1. The van der Waals surface area contributed by atoms with Gasteiger partial charge in [0.2, 0.25) is 0 Å². The Morgan fingerprint density at radius 1 is 0.962 bits per heavy atom. The van der Waals surface area contributed by atoms with Crippen molar-refractivity contribution in [1.82, 2.24) is 20.4 Å². The van der Waals surface area contributed by atoms with E-state index in [2.05, 4.69) is 15.5 Å². The van der Waals surface area contributed by atoms with E-state index in [1.807, 2.05) is 0 Å². The van der Waals surface area contributed by atoms with Crippen molar-refractivity contribution < 1.29 is 19.4 Å². The van der Waals surface area contributed by atoms with E-state index in [1.54, 1.807) is 4.90 Å². The smallest absolute Gasteiger partial charge is 0.359 e. The quantitative estimate of drug-likeness (QED) is 0.540. The van der Waals surface area contributed by atoms with Crippen LogP contribution in [0.2, 0.25) is 0 Å². The predicted molar refractivity (Wildman–Crippen MR) is 97.1 cm³/mol. The van der Waals surface area contributed by atoms with E-state index in [0.717, 1.165) is 65.0 Å². The fraction of sp³-hybridized carbons (Fsp3) is 0.889. The lowest BCUT2D eigenvalue weighted by Crippen LogP contribution is -2.65. The third-order valence-electron chi connectivity index (χ3n) is 5.97. The highest BCUT2D eigenvalue weighted by molar-refractivity contribution is 6.05. The van der Waals surface area contributed by atoms with Gasteiger partial charge in [-0.15, -0.1) is 0 Å². The van der Waals surface area contributed by atoms with Crippen LogP contribution in [0, 0.1) is 0 Å². The van der Waals surface area contributed by atoms with Crippen LogP contribution in [-0.4, -0.2) is 96.9 Å². The lowest BCUT2D eigenvalue weighted by Gasteiger charge is -2.46. The van der Waals surface area contributed by atoms with Gasteiger partial charge in [-0.05, 0) is 45.7 Å². The molecule has 8 heteroatoms. The molecule has 3 aliphatic heterocycles. The van der Waals surface area contributed by atoms with Crippen molar-refractivity contribution >= 4 is 11.8 Å². The first-order valence-electron chi connectivity index (χ1n) is 9.87. The van der Waals surface area contributed by atoms with Crippen LogP contribution >= 0.6 is 0 Å². The molecule has 0 aliphatic carbocycles. The summed E-state index contributed by atoms with van der Waals surface area (Å²) in [5.74, 6) is -1.60. The predicted octanol–water partition coefficient (Wildman–Crippen LogP) is -0.505. The number of carboxylic acid groups (broad SMARTS) is 1. The second-order valence-corrected chi connectivity index (χ2v) is 7.58. The molecular weight excluding hydrogens is 336 g/mol. The fourth-order valence-corrected chi connectivity index (χ4v) is 4.46. The largest absolute Gasteiger partial charge is 0.478 e. The number of carbonyl (C=O) groups is 2. The summed E-state index contributed by atoms with van der Waals surface area (Å²) in [6.07, 6.45) is 3.02. The van der Waals surface area contributed by atoms with Crippen molar-refractivity contribution in [3.05, 3.63) is 0 Å². The first-order valence-corrected chi connectivity index (χ1v) is 9.87. The Hall–Kier alpha value is -1.06. The maximum absolute atomic E-state index is 12.5. The lowest BCUT2D eigenvalue weighted by atomic mass is 9.97. The van der Waals surface area contributed by atoms with Gasteiger partial charge in [0.05, 0.1) is 6.10 Å². The molecule has 3 fully saturated rings. The fourth-order valence-electron chi connectivity index (χ4n) is 4.46. The summed E-state index contributed by atoms with van der Waals surface area (Å²) in [5, 5.41) is 16.6. The van der Waals surface area contributed by atoms with Gasteiger partial charge < -0.3 is 20.5 Å². The van der Waals surface area contributed by atoms with Gasteiger partial charge >= 0.3 is 5.97 Å². The number of ketones is 1. The number of hydrogen-bond acceptors (Lipinski definition) is 7. The Morgan fingerprint density at radius 2 is 1.54 bits per heavy atom. The van der Waals surface area contributed by atoms with Crippen molar-refractivity contribution in [1.29, 1.82) is 0 Å². The van der Waals surface area contributed by atoms with E-state index in [9.17, 15) is 14.7 Å². The van der Waals surface area contributed by atoms with Crippen molar-refractivity contribution in [2.75, 3.05) is 52.4 Å². The van der Waals surface area contributed by atoms with Gasteiger partial charge in [-0.1, -0.05) is 0 Å². The number of nitrogens with one attached hydrogen (secondary N) is 2. The van der Waals surface area contributed by atoms with Crippen molar-refractivity contribution in [3.63, 3.8) is 0 Å². The Balaban J connectivity index is 1.68. The molecule has 0 amide bonds. The minimum atomic E-state index is -1.84. The van der Waals surface area contributed by atoms with E-state index in [0.29, 0.717) is 19.1 Å². The minimum Gasteiger partial charge on any atom is -0.478 e. The Bertz CT molecular complexity index is 481. The number of carboxylic acids is 1. The summed E-state index contributed by atoms with van der Waals surface area (Å²) in [6, 6.07) is 0.464. The number of nitrogens with zero attached hydrogens (tertiary/aromatic N) is 2. The molecular formula is C18H32N4O4. The van der Waals surface area contributed by atoms with Gasteiger partial charge in [-0.25, -0.2) is 4.79 Å². The zero-order valence-corrected chi connectivity index (χ0v) is 15.7. The van der Waals surface area contributed by atoms with E-state index in [4.69, 9.17) is 4.74 Å². The summed E-state index contributed by atoms with van der Waals surface area (Å²) in [5.41, 5.74) is -1.84. The van der Waals surface area contributed by atoms with E-state index in [1.165, 1.54) is 6.92 Å². The number of aliphatic carboxylic acids is 1. The standard InChI is InChI=1S/C18H32N4O4/c1-14(23)18(17(24)25,26-16-2-6-19-7-3-16)22-10-4-15(5-11-22)21-12-8-20-9-13-21/h15-16,19-20H,2-13H2,1H3,(H,24,25). The first-order chi connectivity index (χ1) is 12.5. The maximum Gasteiger partial charge on any atom is 0.359 e. The molecule has 8 nitrogen and oxygen atoms in total. The molecule has 1 atom stereocenters. The van der Waals surface area contributed by atoms with Gasteiger partial charge in [-0.2, -0.15) is 0 Å². The summed E-state index contributed by atoms with van der Waals surface area (Å²) in [6.45, 7) is 8.16. The molecule has 0 aromatic carbocycles. The van der Waals surface area contributed by atoms with Crippen LogP contribution in [0.5, 0.6) is 0 Å². The molecule has 0 aromatic heterocycles. The highest BCUT2D eigenvalue weighted by Crippen LogP contribution is 2.29. The molecule has 3 rings (SSSR count). The molecule has 26 heavy (non-hydrogen) atoms.